The number of hydrogen-bond acceptors (Lipinski definition) is 3. The highest BCUT2D eigenvalue weighted by molar-refractivity contribution is 5.46. The summed E-state index contributed by atoms with van der Waals surface area (Å²) in [6.07, 6.45) is 1.02. The van der Waals surface area contributed by atoms with E-state index in [2.05, 4.69) is 12.2 Å². The maximum atomic E-state index is 9.15. The molecule has 0 aliphatic heterocycles. The largest absolute Gasteiger partial charge is 0.494 e. The van der Waals surface area contributed by atoms with Crippen LogP contribution in [0.4, 0.5) is 5.69 Å². The Balaban J connectivity index is 2.45. The summed E-state index contributed by atoms with van der Waals surface area (Å²) in [5, 5.41) is 12.5. The monoisotopic (exact) mass is 237 g/mol. The summed E-state index contributed by atoms with van der Waals surface area (Å²) in [6.45, 7) is 7.82. The second-order valence-electron chi connectivity index (χ2n) is 5.05. The fraction of sp³-hybridized carbons (Fsp3) is 0.571. The summed E-state index contributed by atoms with van der Waals surface area (Å²) in [4.78, 5) is 0. The van der Waals surface area contributed by atoms with Crippen LogP contribution < -0.4 is 10.1 Å². The van der Waals surface area contributed by atoms with Crippen molar-refractivity contribution in [2.75, 3.05) is 25.1 Å². The maximum absolute atomic E-state index is 9.15. The predicted octanol–water partition coefficient (Wildman–Crippen LogP) is 2.91. The van der Waals surface area contributed by atoms with E-state index >= 15 is 0 Å². The van der Waals surface area contributed by atoms with Gasteiger partial charge in [-0.2, -0.15) is 0 Å². The van der Waals surface area contributed by atoms with Crippen LogP contribution in [0, 0.1) is 5.41 Å². The Morgan fingerprint density at radius 1 is 1.24 bits per heavy atom. The van der Waals surface area contributed by atoms with Crippen LogP contribution in [0.25, 0.3) is 0 Å². The molecule has 0 spiro atoms. The Kier molecular flexibility index (Phi) is 5.29. The van der Waals surface area contributed by atoms with Gasteiger partial charge in [-0.3, -0.25) is 0 Å². The molecule has 0 aromatic heterocycles. The van der Waals surface area contributed by atoms with E-state index in [1.165, 1.54) is 0 Å². The standard InChI is InChI=1S/C14H23NO2/c1-4-9-17-13-7-5-12(6-8-13)15-10-14(2,3)11-16/h5-8,15-16H,4,9-11H2,1-3H3. The van der Waals surface area contributed by atoms with Crippen molar-refractivity contribution in [2.45, 2.75) is 27.2 Å². The zero-order valence-corrected chi connectivity index (χ0v) is 11.0. The SMILES string of the molecule is CCCOc1ccc(NCC(C)(C)CO)cc1. The van der Waals surface area contributed by atoms with E-state index in [1.807, 2.05) is 38.1 Å². The molecular weight excluding hydrogens is 214 g/mol. The highest BCUT2D eigenvalue weighted by atomic mass is 16.5. The number of aliphatic hydroxyl groups is 1. The lowest BCUT2D eigenvalue weighted by atomic mass is 9.95. The van der Waals surface area contributed by atoms with Gasteiger partial charge in [0, 0.05) is 24.3 Å². The molecule has 1 rings (SSSR count). The maximum Gasteiger partial charge on any atom is 0.119 e. The molecule has 0 atom stereocenters. The number of benzene rings is 1. The van der Waals surface area contributed by atoms with Crippen LogP contribution in [-0.4, -0.2) is 24.9 Å². The minimum atomic E-state index is -0.0998. The minimum absolute atomic E-state index is 0.0998. The number of ether oxygens (including phenoxy) is 1. The van der Waals surface area contributed by atoms with Gasteiger partial charge in [0.2, 0.25) is 0 Å². The molecule has 0 aliphatic carbocycles. The summed E-state index contributed by atoms with van der Waals surface area (Å²) in [5.74, 6) is 0.902. The Hall–Kier alpha value is -1.22. The van der Waals surface area contributed by atoms with Crippen LogP contribution >= 0.6 is 0 Å². The van der Waals surface area contributed by atoms with Crippen LogP contribution in [0.15, 0.2) is 24.3 Å². The third-order valence-corrected chi connectivity index (χ3v) is 2.53. The van der Waals surface area contributed by atoms with Crippen molar-refractivity contribution >= 4 is 5.69 Å². The molecule has 0 saturated heterocycles. The lowest BCUT2D eigenvalue weighted by Gasteiger charge is -2.22. The third kappa shape index (κ3) is 5.09. The average Bonchev–Trinajstić information content (AvgIpc) is 2.35. The molecular formula is C14H23NO2. The van der Waals surface area contributed by atoms with Gasteiger partial charge >= 0.3 is 0 Å². The first-order chi connectivity index (χ1) is 8.07. The van der Waals surface area contributed by atoms with Gasteiger partial charge < -0.3 is 15.2 Å². The first-order valence-corrected chi connectivity index (χ1v) is 6.15. The van der Waals surface area contributed by atoms with Crippen molar-refractivity contribution in [1.82, 2.24) is 0 Å². The van der Waals surface area contributed by atoms with Crippen molar-refractivity contribution in [3.63, 3.8) is 0 Å². The first kappa shape index (κ1) is 13.8. The summed E-state index contributed by atoms with van der Waals surface area (Å²) in [6, 6.07) is 7.92. The predicted molar refractivity (Wildman–Crippen MR) is 71.6 cm³/mol. The summed E-state index contributed by atoms with van der Waals surface area (Å²) < 4.78 is 5.51. The third-order valence-electron chi connectivity index (χ3n) is 2.53. The lowest BCUT2D eigenvalue weighted by molar-refractivity contribution is 0.171. The van der Waals surface area contributed by atoms with Crippen LogP contribution in [0.1, 0.15) is 27.2 Å². The first-order valence-electron chi connectivity index (χ1n) is 6.15. The second kappa shape index (κ2) is 6.50. The van der Waals surface area contributed by atoms with Crippen molar-refractivity contribution in [2.24, 2.45) is 5.41 Å². The zero-order chi connectivity index (χ0) is 12.7. The van der Waals surface area contributed by atoms with E-state index in [9.17, 15) is 0 Å². The fourth-order valence-electron chi connectivity index (χ4n) is 1.29. The molecule has 0 aliphatic rings. The van der Waals surface area contributed by atoms with Crippen LogP contribution in [0.5, 0.6) is 5.75 Å². The number of aliphatic hydroxyl groups excluding tert-OH is 1. The van der Waals surface area contributed by atoms with E-state index in [0.29, 0.717) is 0 Å². The molecule has 0 fully saturated rings. The van der Waals surface area contributed by atoms with Gasteiger partial charge in [-0.1, -0.05) is 20.8 Å². The molecule has 3 nitrogen and oxygen atoms in total. The number of nitrogens with one attached hydrogen (secondary N) is 1. The molecule has 0 saturated carbocycles. The smallest absolute Gasteiger partial charge is 0.119 e. The van der Waals surface area contributed by atoms with E-state index in [1.54, 1.807) is 0 Å². The van der Waals surface area contributed by atoms with Crippen LogP contribution in [0.3, 0.4) is 0 Å². The molecule has 1 aromatic rings. The molecule has 3 heteroatoms. The van der Waals surface area contributed by atoms with Crippen LogP contribution in [-0.2, 0) is 0 Å². The quantitative estimate of drug-likeness (QED) is 0.766. The molecule has 0 heterocycles. The molecule has 96 valence electrons. The molecule has 0 amide bonds. The normalized spacial score (nSPS) is 11.3. The van der Waals surface area contributed by atoms with Crippen molar-refractivity contribution in [3.8, 4) is 5.75 Å². The van der Waals surface area contributed by atoms with Gasteiger partial charge in [-0.15, -0.1) is 0 Å². The Bertz CT molecular complexity index is 319. The van der Waals surface area contributed by atoms with Gasteiger partial charge in [0.25, 0.3) is 0 Å². The Labute approximate surface area is 104 Å². The van der Waals surface area contributed by atoms with Crippen LogP contribution in [0.2, 0.25) is 0 Å². The number of anilines is 1. The molecule has 17 heavy (non-hydrogen) atoms. The zero-order valence-electron chi connectivity index (χ0n) is 11.0. The van der Waals surface area contributed by atoms with Gasteiger partial charge in [0.05, 0.1) is 6.61 Å². The molecule has 2 N–H and O–H groups in total. The van der Waals surface area contributed by atoms with E-state index in [4.69, 9.17) is 9.84 Å². The van der Waals surface area contributed by atoms with Gasteiger partial charge in [0.15, 0.2) is 0 Å². The molecule has 0 bridgehead atoms. The molecule has 0 radical (unpaired) electrons. The Morgan fingerprint density at radius 3 is 2.41 bits per heavy atom. The lowest BCUT2D eigenvalue weighted by Crippen LogP contribution is -2.26. The van der Waals surface area contributed by atoms with Gasteiger partial charge in [-0.25, -0.2) is 0 Å². The van der Waals surface area contributed by atoms with Crippen molar-refractivity contribution in [3.05, 3.63) is 24.3 Å². The van der Waals surface area contributed by atoms with Gasteiger partial charge in [0.1, 0.15) is 5.75 Å². The number of hydrogen-bond donors (Lipinski definition) is 2. The highest BCUT2D eigenvalue weighted by Gasteiger charge is 2.15. The fourth-order valence-corrected chi connectivity index (χ4v) is 1.29. The topological polar surface area (TPSA) is 41.5 Å². The average molecular weight is 237 g/mol. The van der Waals surface area contributed by atoms with Gasteiger partial charge in [-0.05, 0) is 30.7 Å². The number of rotatable bonds is 7. The molecule has 1 aromatic carbocycles. The van der Waals surface area contributed by atoms with Crippen molar-refractivity contribution < 1.29 is 9.84 Å². The summed E-state index contributed by atoms with van der Waals surface area (Å²) in [7, 11) is 0. The van der Waals surface area contributed by atoms with E-state index in [0.717, 1.165) is 31.0 Å². The highest BCUT2D eigenvalue weighted by Crippen LogP contribution is 2.19. The Morgan fingerprint density at radius 2 is 1.88 bits per heavy atom. The molecule has 0 unspecified atom stereocenters. The summed E-state index contributed by atoms with van der Waals surface area (Å²) in [5.41, 5.74) is 0.951. The minimum Gasteiger partial charge on any atom is -0.494 e. The van der Waals surface area contributed by atoms with Crippen molar-refractivity contribution in [1.29, 1.82) is 0 Å². The van der Waals surface area contributed by atoms with E-state index in [-0.39, 0.29) is 12.0 Å². The second-order valence-corrected chi connectivity index (χ2v) is 5.05. The summed E-state index contributed by atoms with van der Waals surface area (Å²) >= 11 is 0. The van der Waals surface area contributed by atoms with E-state index < -0.39 is 0 Å².